The lowest BCUT2D eigenvalue weighted by atomic mass is 10.2. The summed E-state index contributed by atoms with van der Waals surface area (Å²) in [6.45, 7) is 10.2. The highest BCUT2D eigenvalue weighted by Gasteiger charge is 2.08. The third-order valence-corrected chi connectivity index (χ3v) is 3.73. The van der Waals surface area contributed by atoms with Crippen LogP contribution in [0.4, 0.5) is 0 Å². The summed E-state index contributed by atoms with van der Waals surface area (Å²) < 4.78 is 13.0. The first kappa shape index (κ1) is 18.0. The van der Waals surface area contributed by atoms with Gasteiger partial charge in [0.25, 0.3) is 0 Å². The summed E-state index contributed by atoms with van der Waals surface area (Å²) in [7, 11) is 0. The standard InChI is InChI=1S/C15H23Br2NO2/c1-4-20-15-13(16)7-12(8-14(15)17)9-18-5-6-19-10-11(2)3/h7-8,11,18H,4-6,9-10H2,1-3H3. The molecule has 0 atom stereocenters. The van der Waals surface area contributed by atoms with E-state index in [0.29, 0.717) is 12.5 Å². The lowest BCUT2D eigenvalue weighted by Crippen LogP contribution is -2.20. The largest absolute Gasteiger partial charge is 0.492 e. The van der Waals surface area contributed by atoms with E-state index in [2.05, 4.69) is 63.2 Å². The fourth-order valence-corrected chi connectivity index (χ4v) is 3.20. The molecule has 1 aromatic carbocycles. The van der Waals surface area contributed by atoms with Crippen molar-refractivity contribution in [2.24, 2.45) is 5.92 Å². The average Bonchev–Trinajstić information content (AvgIpc) is 2.37. The molecule has 0 aromatic heterocycles. The number of ether oxygens (including phenoxy) is 2. The molecule has 1 rings (SSSR count). The van der Waals surface area contributed by atoms with Crippen molar-refractivity contribution in [1.82, 2.24) is 5.32 Å². The van der Waals surface area contributed by atoms with Crippen molar-refractivity contribution in [3.63, 3.8) is 0 Å². The van der Waals surface area contributed by atoms with E-state index in [4.69, 9.17) is 9.47 Å². The van der Waals surface area contributed by atoms with Gasteiger partial charge in [-0.05, 0) is 62.4 Å². The maximum atomic E-state index is 5.57. The molecule has 0 fully saturated rings. The summed E-state index contributed by atoms with van der Waals surface area (Å²) in [5, 5.41) is 3.37. The van der Waals surface area contributed by atoms with Gasteiger partial charge in [0.05, 0.1) is 22.2 Å². The third kappa shape index (κ3) is 6.57. The highest BCUT2D eigenvalue weighted by Crippen LogP contribution is 2.34. The van der Waals surface area contributed by atoms with Gasteiger partial charge >= 0.3 is 0 Å². The van der Waals surface area contributed by atoms with Crippen molar-refractivity contribution < 1.29 is 9.47 Å². The van der Waals surface area contributed by atoms with Crippen LogP contribution in [-0.2, 0) is 11.3 Å². The Morgan fingerprint density at radius 1 is 1.20 bits per heavy atom. The summed E-state index contributed by atoms with van der Waals surface area (Å²) in [6, 6.07) is 4.16. The first-order chi connectivity index (χ1) is 9.54. The van der Waals surface area contributed by atoms with Crippen LogP contribution in [0.3, 0.4) is 0 Å². The molecule has 0 heterocycles. The predicted molar refractivity (Wildman–Crippen MR) is 90.4 cm³/mol. The third-order valence-electron chi connectivity index (χ3n) is 2.55. The zero-order chi connectivity index (χ0) is 15.0. The molecule has 1 N–H and O–H groups in total. The minimum absolute atomic E-state index is 0.591. The van der Waals surface area contributed by atoms with Gasteiger partial charge < -0.3 is 14.8 Å². The molecule has 0 amide bonds. The first-order valence-corrected chi connectivity index (χ1v) is 8.52. The second kappa shape index (κ2) is 9.77. The van der Waals surface area contributed by atoms with Gasteiger partial charge in [-0.1, -0.05) is 13.8 Å². The van der Waals surface area contributed by atoms with E-state index in [1.54, 1.807) is 0 Å². The Kier molecular flexibility index (Phi) is 8.77. The average molecular weight is 409 g/mol. The van der Waals surface area contributed by atoms with Gasteiger partial charge in [-0.15, -0.1) is 0 Å². The fourth-order valence-electron chi connectivity index (χ4n) is 1.69. The van der Waals surface area contributed by atoms with Gasteiger partial charge in [0.1, 0.15) is 5.75 Å². The van der Waals surface area contributed by atoms with E-state index >= 15 is 0 Å². The summed E-state index contributed by atoms with van der Waals surface area (Å²) in [5.41, 5.74) is 1.20. The minimum atomic E-state index is 0.591. The number of halogens is 2. The topological polar surface area (TPSA) is 30.5 Å². The van der Waals surface area contributed by atoms with Crippen LogP contribution in [-0.4, -0.2) is 26.4 Å². The van der Waals surface area contributed by atoms with Gasteiger partial charge in [-0.25, -0.2) is 0 Å². The zero-order valence-electron chi connectivity index (χ0n) is 12.3. The Bertz CT molecular complexity index is 388. The van der Waals surface area contributed by atoms with E-state index in [9.17, 15) is 0 Å². The Morgan fingerprint density at radius 3 is 2.40 bits per heavy atom. The molecule has 0 bridgehead atoms. The fraction of sp³-hybridized carbons (Fsp3) is 0.600. The van der Waals surface area contributed by atoms with Crippen LogP contribution < -0.4 is 10.1 Å². The molecule has 114 valence electrons. The quantitative estimate of drug-likeness (QED) is 0.615. The predicted octanol–water partition coefficient (Wildman–Crippen LogP) is 4.37. The van der Waals surface area contributed by atoms with E-state index in [1.807, 2.05) is 6.92 Å². The maximum absolute atomic E-state index is 5.57. The molecular weight excluding hydrogens is 386 g/mol. The van der Waals surface area contributed by atoms with Crippen LogP contribution in [0, 0.1) is 5.92 Å². The molecule has 0 saturated carbocycles. The van der Waals surface area contributed by atoms with Gasteiger partial charge in [0.2, 0.25) is 0 Å². The molecule has 0 saturated heterocycles. The minimum Gasteiger partial charge on any atom is -0.492 e. The van der Waals surface area contributed by atoms with E-state index in [-0.39, 0.29) is 0 Å². The van der Waals surface area contributed by atoms with Crippen molar-refractivity contribution in [3.8, 4) is 5.75 Å². The summed E-state index contributed by atoms with van der Waals surface area (Å²) in [5.74, 6) is 1.45. The number of benzene rings is 1. The van der Waals surface area contributed by atoms with Gasteiger partial charge in [-0.3, -0.25) is 0 Å². The van der Waals surface area contributed by atoms with E-state index in [0.717, 1.165) is 41.0 Å². The Morgan fingerprint density at radius 2 is 1.85 bits per heavy atom. The molecule has 0 aliphatic heterocycles. The van der Waals surface area contributed by atoms with Crippen LogP contribution in [0.2, 0.25) is 0 Å². The summed E-state index contributed by atoms with van der Waals surface area (Å²) >= 11 is 7.08. The molecule has 1 aromatic rings. The van der Waals surface area contributed by atoms with Crippen LogP contribution in [0.25, 0.3) is 0 Å². The normalized spacial score (nSPS) is 11.1. The lowest BCUT2D eigenvalue weighted by Gasteiger charge is -2.12. The molecule has 3 nitrogen and oxygen atoms in total. The Labute approximate surface area is 138 Å². The number of nitrogens with one attached hydrogen (secondary N) is 1. The molecule has 20 heavy (non-hydrogen) atoms. The number of hydrogen-bond acceptors (Lipinski definition) is 3. The van der Waals surface area contributed by atoms with Crippen molar-refractivity contribution in [2.75, 3.05) is 26.4 Å². The van der Waals surface area contributed by atoms with Gasteiger partial charge in [0, 0.05) is 19.7 Å². The SMILES string of the molecule is CCOc1c(Br)cc(CNCCOCC(C)C)cc1Br. The van der Waals surface area contributed by atoms with Gasteiger partial charge in [0.15, 0.2) is 0 Å². The Hall–Kier alpha value is -0.100. The molecule has 0 radical (unpaired) electrons. The summed E-state index contributed by atoms with van der Waals surface area (Å²) in [4.78, 5) is 0. The number of rotatable bonds is 9. The van der Waals surface area contributed by atoms with E-state index < -0.39 is 0 Å². The Balaban J connectivity index is 2.37. The van der Waals surface area contributed by atoms with Crippen LogP contribution in [0.5, 0.6) is 5.75 Å². The van der Waals surface area contributed by atoms with Crippen molar-refractivity contribution >= 4 is 31.9 Å². The van der Waals surface area contributed by atoms with Crippen molar-refractivity contribution in [1.29, 1.82) is 0 Å². The van der Waals surface area contributed by atoms with Crippen LogP contribution in [0.15, 0.2) is 21.1 Å². The molecule has 5 heteroatoms. The van der Waals surface area contributed by atoms with Crippen molar-refractivity contribution in [3.05, 3.63) is 26.6 Å². The highest BCUT2D eigenvalue weighted by atomic mass is 79.9. The van der Waals surface area contributed by atoms with Gasteiger partial charge in [-0.2, -0.15) is 0 Å². The molecule has 0 aliphatic carbocycles. The van der Waals surface area contributed by atoms with Crippen LogP contribution >= 0.6 is 31.9 Å². The summed E-state index contributed by atoms with van der Waals surface area (Å²) in [6.07, 6.45) is 0. The second-order valence-electron chi connectivity index (χ2n) is 4.97. The zero-order valence-corrected chi connectivity index (χ0v) is 15.5. The molecule has 0 spiro atoms. The maximum Gasteiger partial charge on any atom is 0.147 e. The second-order valence-corrected chi connectivity index (χ2v) is 6.68. The molecule has 0 unspecified atom stereocenters. The van der Waals surface area contributed by atoms with Crippen molar-refractivity contribution in [2.45, 2.75) is 27.3 Å². The monoisotopic (exact) mass is 407 g/mol. The molecule has 0 aliphatic rings. The lowest BCUT2D eigenvalue weighted by molar-refractivity contribution is 0.111. The molecular formula is C15H23Br2NO2. The van der Waals surface area contributed by atoms with E-state index in [1.165, 1.54) is 5.56 Å². The smallest absolute Gasteiger partial charge is 0.147 e. The van der Waals surface area contributed by atoms with Crippen LogP contribution in [0.1, 0.15) is 26.3 Å². The highest BCUT2D eigenvalue weighted by molar-refractivity contribution is 9.11. The number of hydrogen-bond donors (Lipinski definition) is 1. The first-order valence-electron chi connectivity index (χ1n) is 6.93.